The first-order chi connectivity index (χ1) is 9.66. The molecule has 0 N–H and O–H groups in total. The Kier molecular flexibility index (Phi) is 3.10. The summed E-state index contributed by atoms with van der Waals surface area (Å²) in [6, 6.07) is 7.71. The molecule has 0 aliphatic carbocycles. The maximum Gasteiger partial charge on any atom is 0.391 e. The Labute approximate surface area is 116 Å². The Balaban J connectivity index is 2.02. The first-order valence-electron chi connectivity index (χ1n) is 6.42. The highest BCUT2D eigenvalue weighted by molar-refractivity contribution is 5.99. The van der Waals surface area contributed by atoms with Crippen molar-refractivity contribution in [1.29, 1.82) is 0 Å². The largest absolute Gasteiger partial charge is 0.448 e. The van der Waals surface area contributed by atoms with E-state index < -0.39 is 5.97 Å². The van der Waals surface area contributed by atoms with Crippen LogP contribution in [0, 0.1) is 13.8 Å². The summed E-state index contributed by atoms with van der Waals surface area (Å²) >= 11 is 0. The number of rotatable bonds is 1. The second-order valence-corrected chi connectivity index (χ2v) is 4.61. The molecule has 0 saturated carbocycles. The van der Waals surface area contributed by atoms with Crippen molar-refractivity contribution >= 4 is 23.0 Å². The van der Waals surface area contributed by atoms with E-state index in [1.54, 1.807) is 0 Å². The van der Waals surface area contributed by atoms with Gasteiger partial charge in [0.15, 0.2) is 5.69 Å². The summed E-state index contributed by atoms with van der Waals surface area (Å²) in [5.74, 6) is -0.531. The predicted molar refractivity (Wildman–Crippen MR) is 74.9 cm³/mol. The first kappa shape index (κ1) is 12.6. The molecule has 2 heterocycles. The molecule has 0 bridgehead atoms. The van der Waals surface area contributed by atoms with Gasteiger partial charge in [-0.1, -0.05) is 18.2 Å². The van der Waals surface area contributed by atoms with Crippen LogP contribution in [0.15, 0.2) is 29.3 Å². The molecule has 0 radical (unpaired) electrons. The van der Waals surface area contributed by atoms with Crippen LogP contribution in [0.3, 0.4) is 0 Å². The topological polar surface area (TPSA) is 60.8 Å². The predicted octanol–water partition coefficient (Wildman–Crippen LogP) is 2.39. The number of carbonyl (C=O) groups excluding carboxylic acids is 1. The van der Waals surface area contributed by atoms with Crippen LogP contribution < -0.4 is 0 Å². The summed E-state index contributed by atoms with van der Waals surface area (Å²) in [5.41, 5.74) is 2.92. The zero-order valence-corrected chi connectivity index (χ0v) is 11.3. The number of benzene rings is 1. The van der Waals surface area contributed by atoms with Crippen LogP contribution in [0.25, 0.3) is 10.9 Å². The van der Waals surface area contributed by atoms with Gasteiger partial charge in [0.05, 0.1) is 12.1 Å². The summed E-state index contributed by atoms with van der Waals surface area (Å²) in [6.07, 6.45) is 0.0296. The van der Waals surface area contributed by atoms with Crippen molar-refractivity contribution in [3.63, 3.8) is 0 Å². The number of aryl methyl sites for hydroxylation is 1. The molecule has 5 nitrogen and oxygen atoms in total. The Bertz CT molecular complexity index is 722. The molecule has 1 aliphatic heterocycles. The third-order valence-electron chi connectivity index (χ3n) is 3.39. The fraction of sp³-hybridized carbons (Fsp3) is 0.267. The molecule has 0 atom stereocenters. The number of nitrogens with zero attached hydrogens (tertiary/aromatic N) is 2. The molecule has 0 amide bonds. The van der Waals surface area contributed by atoms with Crippen molar-refractivity contribution in [2.75, 3.05) is 13.2 Å². The van der Waals surface area contributed by atoms with Gasteiger partial charge in [0.1, 0.15) is 6.61 Å². The van der Waals surface area contributed by atoms with Gasteiger partial charge in [-0.25, -0.2) is 14.8 Å². The SMILES string of the molecule is Cc1c(C(=O)OC2=NCCO2)nc2ccccc2c1C. The van der Waals surface area contributed by atoms with E-state index in [2.05, 4.69) is 9.98 Å². The van der Waals surface area contributed by atoms with Crippen molar-refractivity contribution in [3.8, 4) is 0 Å². The van der Waals surface area contributed by atoms with Crippen LogP contribution in [0.5, 0.6) is 0 Å². The van der Waals surface area contributed by atoms with Crippen molar-refractivity contribution in [3.05, 3.63) is 41.1 Å². The minimum Gasteiger partial charge on any atom is -0.448 e. The lowest BCUT2D eigenvalue weighted by Gasteiger charge is -2.10. The average molecular weight is 270 g/mol. The second kappa shape index (κ2) is 4.92. The van der Waals surface area contributed by atoms with Gasteiger partial charge in [0, 0.05) is 5.39 Å². The highest BCUT2D eigenvalue weighted by Crippen LogP contribution is 2.22. The normalized spacial score (nSPS) is 14.0. The lowest BCUT2D eigenvalue weighted by molar-refractivity contribution is 0.0646. The van der Waals surface area contributed by atoms with Gasteiger partial charge in [0.2, 0.25) is 0 Å². The van der Waals surface area contributed by atoms with Crippen LogP contribution in [0.4, 0.5) is 0 Å². The zero-order chi connectivity index (χ0) is 14.1. The summed E-state index contributed by atoms with van der Waals surface area (Å²) in [4.78, 5) is 20.5. The van der Waals surface area contributed by atoms with E-state index in [0.717, 1.165) is 22.0 Å². The molecular formula is C15H14N2O3. The van der Waals surface area contributed by atoms with Gasteiger partial charge in [-0.05, 0) is 31.0 Å². The summed E-state index contributed by atoms with van der Waals surface area (Å²) in [7, 11) is 0. The Hall–Kier alpha value is -2.43. The number of fused-ring (bicyclic) bond motifs is 1. The van der Waals surface area contributed by atoms with Crippen molar-refractivity contribution < 1.29 is 14.3 Å². The number of pyridine rings is 1. The second-order valence-electron chi connectivity index (χ2n) is 4.61. The number of ether oxygens (including phenoxy) is 2. The number of esters is 1. The summed E-state index contributed by atoms with van der Waals surface area (Å²) in [6.45, 7) is 4.81. The van der Waals surface area contributed by atoms with Crippen LogP contribution in [-0.4, -0.2) is 30.2 Å². The minimum absolute atomic E-state index is 0.0296. The number of hydrogen-bond donors (Lipinski definition) is 0. The molecule has 0 saturated heterocycles. The Morgan fingerprint density at radius 1 is 1.25 bits per heavy atom. The first-order valence-corrected chi connectivity index (χ1v) is 6.42. The lowest BCUT2D eigenvalue weighted by Crippen LogP contribution is -2.16. The van der Waals surface area contributed by atoms with Gasteiger partial charge >= 0.3 is 12.1 Å². The van der Waals surface area contributed by atoms with E-state index in [9.17, 15) is 4.79 Å². The molecule has 2 aromatic rings. The quantitative estimate of drug-likeness (QED) is 0.746. The van der Waals surface area contributed by atoms with E-state index in [1.165, 1.54) is 0 Å². The maximum absolute atomic E-state index is 12.2. The smallest absolute Gasteiger partial charge is 0.391 e. The summed E-state index contributed by atoms with van der Waals surface area (Å²) < 4.78 is 10.2. The Morgan fingerprint density at radius 3 is 2.80 bits per heavy atom. The van der Waals surface area contributed by atoms with Crippen LogP contribution in [0.1, 0.15) is 21.6 Å². The van der Waals surface area contributed by atoms with E-state index in [1.807, 2.05) is 38.1 Å². The molecule has 1 aliphatic rings. The van der Waals surface area contributed by atoms with E-state index >= 15 is 0 Å². The fourth-order valence-electron chi connectivity index (χ4n) is 2.18. The molecule has 0 spiro atoms. The lowest BCUT2D eigenvalue weighted by atomic mass is 10.0. The van der Waals surface area contributed by atoms with Gasteiger partial charge in [-0.2, -0.15) is 0 Å². The minimum atomic E-state index is -0.531. The van der Waals surface area contributed by atoms with Crippen molar-refractivity contribution in [2.45, 2.75) is 13.8 Å². The number of hydrogen-bond acceptors (Lipinski definition) is 5. The number of aliphatic imine (C=N–C) groups is 1. The molecular weight excluding hydrogens is 256 g/mol. The maximum atomic E-state index is 12.2. The van der Waals surface area contributed by atoms with E-state index in [4.69, 9.17) is 9.47 Å². The molecule has 5 heteroatoms. The molecule has 1 aromatic heterocycles. The van der Waals surface area contributed by atoms with Crippen LogP contribution in [-0.2, 0) is 9.47 Å². The van der Waals surface area contributed by atoms with Crippen molar-refractivity contribution in [2.24, 2.45) is 4.99 Å². The van der Waals surface area contributed by atoms with E-state index in [0.29, 0.717) is 18.8 Å². The molecule has 102 valence electrons. The summed E-state index contributed by atoms with van der Waals surface area (Å²) in [5, 5.41) is 1.04. The van der Waals surface area contributed by atoms with Gasteiger partial charge in [0.25, 0.3) is 0 Å². The van der Waals surface area contributed by atoms with Crippen LogP contribution >= 0.6 is 0 Å². The average Bonchev–Trinajstić information content (AvgIpc) is 2.95. The number of para-hydroxylation sites is 1. The monoisotopic (exact) mass is 270 g/mol. The van der Waals surface area contributed by atoms with Gasteiger partial charge in [-0.3, -0.25) is 0 Å². The molecule has 20 heavy (non-hydrogen) atoms. The highest BCUT2D eigenvalue weighted by Gasteiger charge is 2.20. The standard InChI is InChI=1S/C15H14N2O3/c1-9-10(2)13(14(18)20-15-16-7-8-19-15)17-12-6-4-3-5-11(9)12/h3-6H,7-8H2,1-2H3. The number of aromatic nitrogens is 1. The van der Waals surface area contributed by atoms with E-state index in [-0.39, 0.29) is 6.08 Å². The van der Waals surface area contributed by atoms with Crippen LogP contribution in [0.2, 0.25) is 0 Å². The molecule has 1 aromatic carbocycles. The third-order valence-corrected chi connectivity index (χ3v) is 3.39. The van der Waals surface area contributed by atoms with Gasteiger partial charge < -0.3 is 9.47 Å². The fourth-order valence-corrected chi connectivity index (χ4v) is 2.18. The number of carbonyl (C=O) groups is 1. The highest BCUT2D eigenvalue weighted by atomic mass is 16.7. The van der Waals surface area contributed by atoms with Crippen molar-refractivity contribution in [1.82, 2.24) is 4.98 Å². The van der Waals surface area contributed by atoms with Gasteiger partial charge in [-0.15, -0.1) is 0 Å². The zero-order valence-electron chi connectivity index (χ0n) is 11.3. The Morgan fingerprint density at radius 2 is 2.05 bits per heavy atom. The molecule has 0 unspecified atom stereocenters. The third kappa shape index (κ3) is 2.11. The molecule has 3 rings (SSSR count). The molecule has 0 fully saturated rings.